The minimum Gasteiger partial charge on any atom is -0.491 e. The Morgan fingerprint density at radius 2 is 1.93 bits per heavy atom. The van der Waals surface area contributed by atoms with Crippen LogP contribution in [-0.2, 0) is 16.0 Å². The van der Waals surface area contributed by atoms with Crippen LogP contribution in [0, 0.1) is 11.8 Å². The molecular formula is C34H47ClN2O6. The number of fused-ring (bicyclic) bond motifs is 1. The van der Waals surface area contributed by atoms with Gasteiger partial charge in [-0.15, -0.1) is 0 Å². The smallest absolute Gasteiger partial charge is 0.290 e. The average Bonchev–Trinajstić information content (AvgIpc) is 3.13. The molecule has 1 amide bonds. The van der Waals surface area contributed by atoms with E-state index in [1.165, 1.54) is 11.1 Å². The zero-order chi connectivity index (χ0) is 31.5. The van der Waals surface area contributed by atoms with Crippen molar-refractivity contribution in [1.29, 1.82) is 0 Å². The Kier molecular flexibility index (Phi) is 13.4. The van der Waals surface area contributed by atoms with Gasteiger partial charge in [0.1, 0.15) is 5.75 Å². The number of carbonyl (C=O) groups is 2. The Morgan fingerprint density at radius 1 is 1.19 bits per heavy atom. The number of anilines is 1. The minimum absolute atomic E-state index is 0.0310. The number of halogens is 1. The van der Waals surface area contributed by atoms with E-state index >= 15 is 0 Å². The van der Waals surface area contributed by atoms with Crippen LogP contribution in [0.1, 0.15) is 75.2 Å². The highest BCUT2D eigenvalue weighted by molar-refractivity contribution is 6.30. The van der Waals surface area contributed by atoms with Crippen LogP contribution in [0.4, 0.5) is 5.69 Å². The molecule has 0 aromatic heterocycles. The minimum atomic E-state index is -0.564. The van der Waals surface area contributed by atoms with Gasteiger partial charge in [-0.05, 0) is 85.4 Å². The monoisotopic (exact) mass is 614 g/mol. The van der Waals surface area contributed by atoms with Gasteiger partial charge in [-0.3, -0.25) is 9.59 Å². The molecule has 1 heterocycles. The van der Waals surface area contributed by atoms with Crippen LogP contribution in [0.5, 0.6) is 5.75 Å². The number of ether oxygens (including phenoxy) is 1. The van der Waals surface area contributed by atoms with Crippen molar-refractivity contribution in [3.63, 3.8) is 0 Å². The van der Waals surface area contributed by atoms with Crippen LogP contribution in [0.3, 0.4) is 0 Å². The molecular weight excluding hydrogens is 568 g/mol. The second-order valence-electron chi connectivity index (χ2n) is 11.7. The summed E-state index contributed by atoms with van der Waals surface area (Å²) in [5.41, 5.74) is 4.44. The van der Waals surface area contributed by atoms with Crippen molar-refractivity contribution in [2.75, 3.05) is 38.2 Å². The Bertz CT molecular complexity index is 1240. The molecule has 236 valence electrons. The number of aliphatic hydroxyl groups is 2. The van der Waals surface area contributed by atoms with E-state index in [9.17, 15) is 15.0 Å². The summed E-state index contributed by atoms with van der Waals surface area (Å²) in [5.74, 6) is 1.64. The van der Waals surface area contributed by atoms with Gasteiger partial charge in [-0.2, -0.15) is 0 Å². The molecule has 43 heavy (non-hydrogen) atoms. The zero-order valence-electron chi connectivity index (χ0n) is 25.8. The number of carbonyl (C=O) groups excluding carboxylic acids is 1. The lowest BCUT2D eigenvalue weighted by Gasteiger charge is -2.43. The second-order valence-corrected chi connectivity index (χ2v) is 12.1. The van der Waals surface area contributed by atoms with E-state index in [4.69, 9.17) is 26.2 Å². The summed E-state index contributed by atoms with van der Waals surface area (Å²) in [6.45, 7) is 8.03. The van der Waals surface area contributed by atoms with E-state index in [1.54, 1.807) is 25.8 Å². The van der Waals surface area contributed by atoms with Gasteiger partial charge in [0.05, 0.1) is 24.5 Å². The largest absolute Gasteiger partial charge is 0.491 e. The van der Waals surface area contributed by atoms with Crippen molar-refractivity contribution in [2.24, 2.45) is 11.8 Å². The molecule has 1 fully saturated rings. The molecule has 2 aromatic rings. The van der Waals surface area contributed by atoms with Crippen molar-refractivity contribution < 1.29 is 29.6 Å². The van der Waals surface area contributed by atoms with Crippen LogP contribution in [0.25, 0.3) is 0 Å². The van der Waals surface area contributed by atoms with Crippen LogP contribution in [0.15, 0.2) is 48.6 Å². The van der Waals surface area contributed by atoms with Gasteiger partial charge in [0.25, 0.3) is 6.47 Å². The number of hydrogen-bond acceptors (Lipinski definition) is 6. The molecule has 4 rings (SSSR count). The van der Waals surface area contributed by atoms with Crippen LogP contribution in [0.2, 0.25) is 5.02 Å². The van der Waals surface area contributed by atoms with Crippen LogP contribution in [-0.4, -0.2) is 72.0 Å². The van der Waals surface area contributed by atoms with E-state index < -0.39 is 12.2 Å². The predicted molar refractivity (Wildman–Crippen MR) is 171 cm³/mol. The highest BCUT2D eigenvalue weighted by Crippen LogP contribution is 2.43. The van der Waals surface area contributed by atoms with E-state index in [-0.39, 0.29) is 24.2 Å². The molecule has 1 aliphatic carbocycles. The number of benzene rings is 2. The van der Waals surface area contributed by atoms with E-state index in [2.05, 4.69) is 30.0 Å². The average molecular weight is 615 g/mol. The SMILES string of the molecule is CCCc1cc(Cl)ccc1C1COc2ccc(C(C)O)cc2N(CC2CCC2C(O)C/C=C/CN(C)C(C)=O)C1.O=CO. The molecule has 0 spiro atoms. The quantitative estimate of drug-likeness (QED) is 0.215. The Hall–Kier alpha value is -3.07. The third-order valence-electron chi connectivity index (χ3n) is 8.64. The first-order valence-corrected chi connectivity index (χ1v) is 15.6. The van der Waals surface area contributed by atoms with E-state index in [1.807, 2.05) is 30.4 Å². The molecule has 1 saturated carbocycles. The predicted octanol–water partition coefficient (Wildman–Crippen LogP) is 5.84. The number of rotatable bonds is 11. The Morgan fingerprint density at radius 3 is 2.56 bits per heavy atom. The zero-order valence-corrected chi connectivity index (χ0v) is 26.5. The summed E-state index contributed by atoms with van der Waals surface area (Å²) in [5, 5.41) is 29.0. The summed E-state index contributed by atoms with van der Waals surface area (Å²) in [6.07, 6.45) is 7.68. The summed E-state index contributed by atoms with van der Waals surface area (Å²) in [7, 11) is 1.78. The Balaban J connectivity index is 0.00000162. The fourth-order valence-electron chi connectivity index (χ4n) is 5.97. The summed E-state index contributed by atoms with van der Waals surface area (Å²) >= 11 is 6.38. The van der Waals surface area contributed by atoms with E-state index in [0.717, 1.165) is 60.8 Å². The highest BCUT2D eigenvalue weighted by Gasteiger charge is 2.38. The van der Waals surface area contributed by atoms with Crippen molar-refractivity contribution >= 4 is 29.7 Å². The molecule has 0 radical (unpaired) electrons. The normalized spacial score (nSPS) is 20.9. The standard InChI is InChI=1S/C33H45ClN2O4.CH2O2/c1-5-8-25-17-28(34)12-14-29(25)27-20-36(31-18-24(22(2)37)11-15-33(31)40-21-27)19-26-10-13-30(26)32(39)9-6-7-16-35(4)23(3)38;2-1-3/h6-7,11-12,14-15,17-18,22,26-27,30,32,37,39H,5,8-10,13,16,19-21H2,1-4H3;1H,(H,2,3)/b7-6+;. The first-order chi connectivity index (χ1) is 20.6. The molecule has 0 bridgehead atoms. The fourth-order valence-corrected chi connectivity index (χ4v) is 6.17. The van der Waals surface area contributed by atoms with Crippen molar-refractivity contribution in [2.45, 2.75) is 71.0 Å². The van der Waals surface area contributed by atoms with Gasteiger partial charge in [-0.1, -0.05) is 49.2 Å². The molecule has 0 saturated heterocycles. The molecule has 2 aromatic carbocycles. The molecule has 5 atom stereocenters. The first-order valence-electron chi connectivity index (χ1n) is 15.2. The van der Waals surface area contributed by atoms with E-state index in [0.29, 0.717) is 25.5 Å². The third kappa shape index (κ3) is 9.46. The summed E-state index contributed by atoms with van der Waals surface area (Å²) in [6, 6.07) is 12.2. The number of nitrogens with zero attached hydrogens (tertiary/aromatic N) is 2. The number of carboxylic acid groups (broad SMARTS) is 1. The van der Waals surface area contributed by atoms with Crippen molar-refractivity contribution in [1.82, 2.24) is 4.90 Å². The number of amides is 1. The summed E-state index contributed by atoms with van der Waals surface area (Å²) < 4.78 is 6.41. The van der Waals surface area contributed by atoms with Gasteiger partial charge in [0, 0.05) is 44.5 Å². The van der Waals surface area contributed by atoms with Gasteiger partial charge >= 0.3 is 0 Å². The molecule has 1 aliphatic heterocycles. The lowest BCUT2D eigenvalue weighted by atomic mass is 9.69. The van der Waals surface area contributed by atoms with Gasteiger partial charge < -0.3 is 29.9 Å². The van der Waals surface area contributed by atoms with Crippen molar-refractivity contribution in [3.05, 3.63) is 70.3 Å². The fraction of sp³-hybridized carbons (Fsp3) is 0.529. The van der Waals surface area contributed by atoms with Gasteiger partial charge in [0.2, 0.25) is 5.91 Å². The topological polar surface area (TPSA) is 111 Å². The maximum Gasteiger partial charge on any atom is 0.290 e. The lowest BCUT2D eigenvalue weighted by molar-refractivity contribution is -0.127. The molecule has 5 unspecified atom stereocenters. The number of likely N-dealkylation sites (N-methyl/N-ethyl adjacent to an activating group) is 1. The first kappa shape index (κ1) is 34.4. The highest BCUT2D eigenvalue weighted by atomic mass is 35.5. The molecule has 2 aliphatic rings. The van der Waals surface area contributed by atoms with Crippen LogP contribution < -0.4 is 9.64 Å². The third-order valence-corrected chi connectivity index (χ3v) is 8.87. The maximum atomic E-state index is 11.4. The van der Waals surface area contributed by atoms with Gasteiger partial charge in [-0.25, -0.2) is 0 Å². The summed E-state index contributed by atoms with van der Waals surface area (Å²) in [4.78, 5) is 23.9. The molecule has 9 heteroatoms. The van der Waals surface area contributed by atoms with Gasteiger partial charge in [0.15, 0.2) is 0 Å². The van der Waals surface area contributed by atoms with Crippen LogP contribution >= 0.6 is 11.6 Å². The number of aryl methyl sites for hydroxylation is 1. The molecule has 3 N–H and O–H groups in total. The molecule has 8 nitrogen and oxygen atoms in total. The second kappa shape index (κ2) is 16.7. The maximum absolute atomic E-state index is 11.4. The lowest BCUT2D eigenvalue weighted by Crippen LogP contribution is -2.44. The Labute approximate surface area is 260 Å². The number of hydrogen-bond donors (Lipinski definition) is 3. The van der Waals surface area contributed by atoms with Crippen molar-refractivity contribution in [3.8, 4) is 5.75 Å². The number of aliphatic hydroxyl groups excluding tert-OH is 2.